The Kier molecular flexibility index (Phi) is 4.40. The molecule has 0 unspecified atom stereocenters. The zero-order chi connectivity index (χ0) is 22.0. The van der Waals surface area contributed by atoms with E-state index in [1.54, 1.807) is 12.1 Å². The van der Waals surface area contributed by atoms with Gasteiger partial charge < -0.3 is 5.32 Å². The van der Waals surface area contributed by atoms with Gasteiger partial charge in [0.05, 0.1) is 11.7 Å². The van der Waals surface area contributed by atoms with E-state index >= 15 is 0 Å². The van der Waals surface area contributed by atoms with E-state index in [0.29, 0.717) is 23.4 Å². The summed E-state index contributed by atoms with van der Waals surface area (Å²) in [5, 5.41) is 7.28. The van der Waals surface area contributed by atoms with Crippen molar-refractivity contribution in [3.8, 4) is 0 Å². The second-order valence-electron chi connectivity index (χ2n) is 10.8. The first-order valence-corrected chi connectivity index (χ1v) is 12.0. The van der Waals surface area contributed by atoms with Crippen molar-refractivity contribution < 1.29 is 9.59 Å². The van der Waals surface area contributed by atoms with Crippen LogP contribution < -0.4 is 10.3 Å². The summed E-state index contributed by atoms with van der Waals surface area (Å²) in [4.78, 5) is 25.8. The minimum Gasteiger partial charge on any atom is -0.322 e. The highest BCUT2D eigenvalue weighted by molar-refractivity contribution is 6.04. The van der Waals surface area contributed by atoms with Gasteiger partial charge in [-0.1, -0.05) is 18.2 Å². The van der Waals surface area contributed by atoms with Crippen molar-refractivity contribution >= 4 is 23.2 Å². The highest BCUT2D eigenvalue weighted by atomic mass is 16.2. The average molecular weight is 430 g/mol. The Hall–Kier alpha value is -2.82. The molecule has 4 aliphatic carbocycles. The van der Waals surface area contributed by atoms with Gasteiger partial charge in [0.25, 0.3) is 11.8 Å². The minimum absolute atomic E-state index is 0.118. The zero-order valence-electron chi connectivity index (χ0n) is 18.8. The van der Waals surface area contributed by atoms with Crippen molar-refractivity contribution in [2.45, 2.75) is 57.5 Å². The van der Waals surface area contributed by atoms with E-state index in [1.165, 1.54) is 32.1 Å². The van der Waals surface area contributed by atoms with Crippen LogP contribution in [-0.4, -0.2) is 28.4 Å². The first-order valence-electron chi connectivity index (χ1n) is 12.0. The van der Waals surface area contributed by atoms with E-state index in [1.807, 2.05) is 56.3 Å². The van der Waals surface area contributed by atoms with Crippen molar-refractivity contribution in [1.29, 1.82) is 0 Å². The minimum atomic E-state index is -0.538. The van der Waals surface area contributed by atoms with Crippen LogP contribution in [0.4, 0.5) is 11.4 Å². The molecule has 166 valence electrons. The van der Waals surface area contributed by atoms with Gasteiger partial charge in [0.2, 0.25) is 0 Å². The maximum atomic E-state index is 13.3. The van der Waals surface area contributed by atoms with Gasteiger partial charge in [-0.2, -0.15) is 0 Å². The fraction of sp³-hybridized carbons (Fsp3) is 0.481. The summed E-state index contributed by atoms with van der Waals surface area (Å²) in [6.45, 7) is 4.04. The lowest BCUT2D eigenvalue weighted by atomic mass is 9.53. The van der Waals surface area contributed by atoms with E-state index in [0.717, 1.165) is 23.2 Å². The third-order valence-corrected chi connectivity index (χ3v) is 8.34. The number of rotatable bonds is 4. The molecule has 5 aliphatic rings. The molecule has 0 aromatic heterocycles. The summed E-state index contributed by atoms with van der Waals surface area (Å²) < 4.78 is 0. The molecular weight excluding hydrogens is 398 g/mol. The van der Waals surface area contributed by atoms with Crippen LogP contribution in [0.1, 0.15) is 56.3 Å². The lowest BCUT2D eigenvalue weighted by Gasteiger charge is -2.65. The van der Waals surface area contributed by atoms with Crippen LogP contribution in [0.25, 0.3) is 0 Å². The molecule has 7 rings (SSSR count). The molecule has 1 saturated heterocycles. The fourth-order valence-electron chi connectivity index (χ4n) is 7.18. The van der Waals surface area contributed by atoms with Crippen LogP contribution in [-0.2, 0) is 4.79 Å². The number of hydrazine groups is 1. The Labute approximate surface area is 189 Å². The normalized spacial score (nSPS) is 32.1. The molecule has 1 heterocycles. The van der Waals surface area contributed by atoms with E-state index in [2.05, 4.69) is 15.3 Å². The maximum absolute atomic E-state index is 13.3. The van der Waals surface area contributed by atoms with E-state index in [4.69, 9.17) is 0 Å². The molecule has 4 saturated carbocycles. The first kappa shape index (κ1) is 19.8. The number of anilines is 2. The molecule has 2 amide bonds. The fourth-order valence-corrected chi connectivity index (χ4v) is 7.18. The quantitative estimate of drug-likeness (QED) is 0.735. The van der Waals surface area contributed by atoms with Gasteiger partial charge in [-0.15, -0.1) is 0 Å². The number of amides is 2. The summed E-state index contributed by atoms with van der Waals surface area (Å²) in [5.41, 5.74) is 1.87. The van der Waals surface area contributed by atoms with E-state index in [9.17, 15) is 9.59 Å². The summed E-state index contributed by atoms with van der Waals surface area (Å²) in [7, 11) is 0. The second kappa shape index (κ2) is 7.09. The highest BCUT2D eigenvalue weighted by Gasteiger charge is 2.61. The number of carbonyl (C=O) groups is 2. The third kappa shape index (κ3) is 2.97. The number of benzene rings is 2. The first-order chi connectivity index (χ1) is 15.4. The molecule has 0 atom stereocenters. The standard InChI is InChI=1S/C27H31N3O2/c1-27(2)26(32)29(24-20-13-17-12-18(15-20)16-21(24)14-17)30(27)23-10-8-22(9-11-23)28-25(31)19-6-4-3-5-7-19/h3-11,17-18,20-21,24H,12-16H2,1-2H3,(H,28,31). The predicted octanol–water partition coefficient (Wildman–Crippen LogP) is 5.11. The summed E-state index contributed by atoms with van der Waals surface area (Å²) in [6.07, 6.45) is 6.58. The SMILES string of the molecule is CC1(C)C(=O)N(C2C3CC4CC(C3)CC2C4)N1c1ccc(NC(=O)c2ccccc2)cc1. The molecule has 5 nitrogen and oxygen atoms in total. The highest BCUT2D eigenvalue weighted by Crippen LogP contribution is 2.57. The monoisotopic (exact) mass is 429 g/mol. The summed E-state index contributed by atoms with van der Waals surface area (Å²) in [6, 6.07) is 17.5. The number of hydrogen-bond acceptors (Lipinski definition) is 3. The number of nitrogens with zero attached hydrogens (tertiary/aromatic N) is 2. The van der Waals surface area contributed by atoms with Crippen LogP contribution >= 0.6 is 0 Å². The van der Waals surface area contributed by atoms with Crippen LogP contribution in [0, 0.1) is 23.7 Å². The van der Waals surface area contributed by atoms with Gasteiger partial charge in [-0.05, 0) is 106 Å². The number of nitrogens with one attached hydrogen (secondary N) is 1. The van der Waals surface area contributed by atoms with Gasteiger partial charge in [0, 0.05) is 11.3 Å². The topological polar surface area (TPSA) is 52.7 Å². The molecule has 0 spiro atoms. The maximum Gasteiger partial charge on any atom is 0.268 e. The van der Waals surface area contributed by atoms with Gasteiger partial charge >= 0.3 is 0 Å². The van der Waals surface area contributed by atoms with Crippen LogP contribution in [0.2, 0.25) is 0 Å². The summed E-state index contributed by atoms with van der Waals surface area (Å²) >= 11 is 0. The lowest BCUT2D eigenvalue weighted by molar-refractivity contribution is -0.170. The number of carbonyl (C=O) groups excluding carboxylic acids is 2. The van der Waals surface area contributed by atoms with Crippen molar-refractivity contribution in [3.05, 3.63) is 60.2 Å². The molecule has 5 heteroatoms. The Morgan fingerprint density at radius 1 is 0.875 bits per heavy atom. The largest absolute Gasteiger partial charge is 0.322 e. The zero-order valence-corrected chi connectivity index (χ0v) is 18.8. The van der Waals surface area contributed by atoms with Crippen LogP contribution in [0.3, 0.4) is 0 Å². The van der Waals surface area contributed by atoms with Crippen molar-refractivity contribution in [2.24, 2.45) is 23.7 Å². The Morgan fingerprint density at radius 3 is 2.06 bits per heavy atom. The molecular formula is C27H31N3O2. The van der Waals surface area contributed by atoms with Crippen molar-refractivity contribution in [3.63, 3.8) is 0 Å². The molecule has 32 heavy (non-hydrogen) atoms. The molecule has 2 aromatic rings. The van der Waals surface area contributed by atoms with Crippen molar-refractivity contribution in [1.82, 2.24) is 5.01 Å². The Morgan fingerprint density at radius 2 is 1.47 bits per heavy atom. The van der Waals surface area contributed by atoms with Gasteiger partial charge in [-0.25, -0.2) is 5.01 Å². The smallest absolute Gasteiger partial charge is 0.268 e. The molecule has 5 fully saturated rings. The predicted molar refractivity (Wildman–Crippen MR) is 125 cm³/mol. The molecule has 4 bridgehead atoms. The third-order valence-electron chi connectivity index (χ3n) is 8.34. The van der Waals surface area contributed by atoms with Crippen LogP contribution in [0.5, 0.6) is 0 Å². The Balaban J connectivity index is 1.23. The van der Waals surface area contributed by atoms with Gasteiger partial charge in [-0.3, -0.25) is 14.6 Å². The van der Waals surface area contributed by atoms with E-state index < -0.39 is 5.54 Å². The molecule has 2 aromatic carbocycles. The second-order valence-corrected chi connectivity index (χ2v) is 10.8. The molecule has 1 N–H and O–H groups in total. The van der Waals surface area contributed by atoms with Gasteiger partial charge in [0.1, 0.15) is 5.54 Å². The lowest BCUT2D eigenvalue weighted by Crippen LogP contribution is -2.80. The van der Waals surface area contributed by atoms with Crippen molar-refractivity contribution in [2.75, 3.05) is 10.3 Å². The average Bonchev–Trinajstić information content (AvgIpc) is 2.79. The molecule has 0 radical (unpaired) electrons. The Bertz CT molecular complexity index is 1020. The van der Waals surface area contributed by atoms with E-state index in [-0.39, 0.29) is 11.8 Å². The number of hydrogen-bond donors (Lipinski definition) is 1. The van der Waals surface area contributed by atoms with Gasteiger partial charge in [0.15, 0.2) is 0 Å². The van der Waals surface area contributed by atoms with Crippen LogP contribution in [0.15, 0.2) is 54.6 Å². The summed E-state index contributed by atoms with van der Waals surface area (Å²) in [5.74, 6) is 3.21. The molecule has 1 aliphatic heterocycles.